The minimum atomic E-state index is 0.672. The van der Waals surface area contributed by atoms with Crippen LogP contribution in [-0.2, 0) is 4.74 Å². The first-order valence-corrected chi connectivity index (χ1v) is 8.50. The van der Waals surface area contributed by atoms with E-state index in [0.717, 1.165) is 13.2 Å². The Morgan fingerprint density at radius 1 is 0.789 bits per heavy atom. The van der Waals surface area contributed by atoms with E-state index in [1.54, 1.807) is 0 Å². The highest BCUT2D eigenvalue weighted by Gasteiger charge is 1.94. The van der Waals surface area contributed by atoms with Gasteiger partial charge in [0.1, 0.15) is 0 Å². The number of hydrogen-bond acceptors (Lipinski definition) is 1. The first kappa shape index (κ1) is 18.7. The first-order chi connectivity index (χ1) is 9.27. The van der Waals surface area contributed by atoms with Gasteiger partial charge in [0.05, 0.1) is 0 Å². The van der Waals surface area contributed by atoms with Crippen molar-refractivity contribution >= 4 is 0 Å². The molecule has 0 aliphatic rings. The SMILES string of the molecule is CCCC/C=C\CCCCCCCCOCC(C)C. The summed E-state index contributed by atoms with van der Waals surface area (Å²) in [6, 6.07) is 0. The van der Waals surface area contributed by atoms with Crippen LogP contribution in [0.2, 0.25) is 0 Å². The molecule has 0 radical (unpaired) electrons. The van der Waals surface area contributed by atoms with Gasteiger partial charge in [-0.05, 0) is 31.6 Å². The fourth-order valence-corrected chi connectivity index (χ4v) is 2.05. The molecular weight excluding hydrogens is 232 g/mol. The molecule has 0 rings (SSSR count). The topological polar surface area (TPSA) is 9.23 Å². The summed E-state index contributed by atoms with van der Waals surface area (Å²) in [5.41, 5.74) is 0. The summed E-state index contributed by atoms with van der Waals surface area (Å²) in [5.74, 6) is 0.672. The van der Waals surface area contributed by atoms with Crippen LogP contribution in [0.5, 0.6) is 0 Å². The molecule has 0 atom stereocenters. The average Bonchev–Trinajstić information content (AvgIpc) is 2.39. The molecule has 0 fully saturated rings. The zero-order valence-corrected chi connectivity index (χ0v) is 13.6. The van der Waals surface area contributed by atoms with Gasteiger partial charge in [0, 0.05) is 13.2 Å². The van der Waals surface area contributed by atoms with Crippen LogP contribution in [0, 0.1) is 5.92 Å². The van der Waals surface area contributed by atoms with Gasteiger partial charge in [-0.25, -0.2) is 0 Å². The number of rotatable bonds is 14. The number of ether oxygens (including phenoxy) is 1. The van der Waals surface area contributed by atoms with E-state index in [1.165, 1.54) is 64.2 Å². The van der Waals surface area contributed by atoms with Crippen LogP contribution in [-0.4, -0.2) is 13.2 Å². The van der Waals surface area contributed by atoms with E-state index in [4.69, 9.17) is 4.74 Å². The predicted molar refractivity (Wildman–Crippen MR) is 86.6 cm³/mol. The van der Waals surface area contributed by atoms with Crippen molar-refractivity contribution in [3.05, 3.63) is 12.2 Å². The fourth-order valence-electron chi connectivity index (χ4n) is 2.05. The summed E-state index contributed by atoms with van der Waals surface area (Å²) >= 11 is 0. The molecule has 0 N–H and O–H groups in total. The second-order valence-electron chi connectivity index (χ2n) is 5.99. The molecule has 0 unspecified atom stereocenters. The molecule has 0 aromatic carbocycles. The maximum atomic E-state index is 5.58. The monoisotopic (exact) mass is 268 g/mol. The Kier molecular flexibility index (Phi) is 15.5. The molecule has 0 aliphatic heterocycles. The molecule has 0 heterocycles. The number of unbranched alkanes of at least 4 members (excludes halogenated alkanes) is 8. The molecular formula is C18H36O. The third-order valence-electron chi connectivity index (χ3n) is 3.25. The summed E-state index contributed by atoms with van der Waals surface area (Å²) in [6.07, 6.45) is 18.0. The van der Waals surface area contributed by atoms with E-state index in [1.807, 2.05) is 0 Å². The number of hydrogen-bond donors (Lipinski definition) is 0. The Morgan fingerprint density at radius 3 is 2.00 bits per heavy atom. The van der Waals surface area contributed by atoms with Crippen molar-refractivity contribution in [2.45, 2.75) is 85.0 Å². The van der Waals surface area contributed by atoms with Gasteiger partial charge in [0.25, 0.3) is 0 Å². The van der Waals surface area contributed by atoms with Crippen LogP contribution in [0.25, 0.3) is 0 Å². The molecule has 1 nitrogen and oxygen atoms in total. The van der Waals surface area contributed by atoms with Crippen LogP contribution in [0.1, 0.15) is 85.0 Å². The van der Waals surface area contributed by atoms with Gasteiger partial charge in [-0.15, -0.1) is 0 Å². The Balaban J connectivity index is 3.01. The summed E-state index contributed by atoms with van der Waals surface area (Å²) in [5, 5.41) is 0. The minimum absolute atomic E-state index is 0.672. The third-order valence-corrected chi connectivity index (χ3v) is 3.25. The summed E-state index contributed by atoms with van der Waals surface area (Å²) in [7, 11) is 0. The molecule has 1 heteroatoms. The molecule has 0 spiro atoms. The van der Waals surface area contributed by atoms with E-state index in [-0.39, 0.29) is 0 Å². The number of allylic oxidation sites excluding steroid dienone is 2. The lowest BCUT2D eigenvalue weighted by Gasteiger charge is -2.06. The molecule has 0 saturated heterocycles. The van der Waals surface area contributed by atoms with Crippen molar-refractivity contribution < 1.29 is 4.74 Å². The molecule has 0 amide bonds. The standard InChI is InChI=1S/C18H36O/c1-4-5-6-7-8-9-10-11-12-13-14-15-16-19-17-18(2)3/h7-8,18H,4-6,9-17H2,1-3H3/b8-7-. The van der Waals surface area contributed by atoms with Crippen LogP contribution in [0.4, 0.5) is 0 Å². The van der Waals surface area contributed by atoms with Gasteiger partial charge in [0.2, 0.25) is 0 Å². The second-order valence-corrected chi connectivity index (χ2v) is 5.99. The summed E-state index contributed by atoms with van der Waals surface area (Å²) in [6.45, 7) is 8.54. The second kappa shape index (κ2) is 15.8. The summed E-state index contributed by atoms with van der Waals surface area (Å²) < 4.78 is 5.58. The molecule has 0 aromatic rings. The lowest BCUT2D eigenvalue weighted by atomic mass is 10.1. The lowest BCUT2D eigenvalue weighted by molar-refractivity contribution is 0.106. The first-order valence-electron chi connectivity index (χ1n) is 8.50. The van der Waals surface area contributed by atoms with Crippen molar-refractivity contribution in [3.63, 3.8) is 0 Å². The molecule has 0 bridgehead atoms. The molecule has 0 aliphatic carbocycles. The Hall–Kier alpha value is -0.300. The van der Waals surface area contributed by atoms with E-state index >= 15 is 0 Å². The highest BCUT2D eigenvalue weighted by atomic mass is 16.5. The quantitative estimate of drug-likeness (QED) is 0.272. The normalized spacial score (nSPS) is 11.8. The van der Waals surface area contributed by atoms with Gasteiger partial charge >= 0.3 is 0 Å². The lowest BCUT2D eigenvalue weighted by Crippen LogP contribution is -2.02. The van der Waals surface area contributed by atoms with E-state index in [2.05, 4.69) is 32.9 Å². The van der Waals surface area contributed by atoms with Crippen molar-refractivity contribution in [1.29, 1.82) is 0 Å². The van der Waals surface area contributed by atoms with Crippen molar-refractivity contribution in [3.8, 4) is 0 Å². The highest BCUT2D eigenvalue weighted by molar-refractivity contribution is 4.81. The highest BCUT2D eigenvalue weighted by Crippen LogP contribution is 2.08. The molecule has 114 valence electrons. The van der Waals surface area contributed by atoms with E-state index in [0.29, 0.717) is 5.92 Å². The van der Waals surface area contributed by atoms with E-state index in [9.17, 15) is 0 Å². The van der Waals surface area contributed by atoms with Gasteiger partial charge in [-0.2, -0.15) is 0 Å². The maximum absolute atomic E-state index is 5.58. The van der Waals surface area contributed by atoms with Crippen LogP contribution in [0.3, 0.4) is 0 Å². The molecule has 19 heavy (non-hydrogen) atoms. The van der Waals surface area contributed by atoms with Gasteiger partial charge in [0.15, 0.2) is 0 Å². The van der Waals surface area contributed by atoms with Crippen LogP contribution in [0.15, 0.2) is 12.2 Å². The third kappa shape index (κ3) is 17.7. The Morgan fingerprint density at radius 2 is 1.37 bits per heavy atom. The summed E-state index contributed by atoms with van der Waals surface area (Å²) in [4.78, 5) is 0. The Labute approximate surface area is 121 Å². The van der Waals surface area contributed by atoms with Gasteiger partial charge < -0.3 is 4.74 Å². The molecule has 0 aromatic heterocycles. The van der Waals surface area contributed by atoms with Gasteiger partial charge in [-0.1, -0.05) is 71.4 Å². The van der Waals surface area contributed by atoms with Gasteiger partial charge in [-0.3, -0.25) is 0 Å². The predicted octanol–water partition coefficient (Wildman–Crippen LogP) is 6.14. The van der Waals surface area contributed by atoms with Crippen molar-refractivity contribution in [2.24, 2.45) is 5.92 Å². The molecule has 0 saturated carbocycles. The van der Waals surface area contributed by atoms with Crippen LogP contribution >= 0.6 is 0 Å². The fraction of sp³-hybridized carbons (Fsp3) is 0.889. The maximum Gasteiger partial charge on any atom is 0.0488 e. The largest absolute Gasteiger partial charge is 0.381 e. The smallest absolute Gasteiger partial charge is 0.0488 e. The zero-order valence-electron chi connectivity index (χ0n) is 13.6. The van der Waals surface area contributed by atoms with E-state index < -0.39 is 0 Å². The average molecular weight is 268 g/mol. The Bertz CT molecular complexity index is 184. The zero-order chi connectivity index (χ0) is 14.2. The van der Waals surface area contributed by atoms with Crippen molar-refractivity contribution in [2.75, 3.05) is 13.2 Å². The minimum Gasteiger partial charge on any atom is -0.381 e. The van der Waals surface area contributed by atoms with Crippen molar-refractivity contribution in [1.82, 2.24) is 0 Å². The van der Waals surface area contributed by atoms with Crippen LogP contribution < -0.4 is 0 Å².